The fourth-order valence-corrected chi connectivity index (χ4v) is 7.79. The van der Waals surface area contributed by atoms with E-state index in [2.05, 4.69) is 150 Å². The Morgan fingerprint density at radius 2 is 1.07 bits per heavy atom. The summed E-state index contributed by atoms with van der Waals surface area (Å²) in [4.78, 5) is 2.36. The molecule has 0 amide bonds. The molecule has 0 radical (unpaired) electrons. The molecule has 0 aliphatic heterocycles. The minimum absolute atomic E-state index is 0.924. The Morgan fingerprint density at radius 1 is 0.465 bits per heavy atom. The third kappa shape index (κ3) is 3.72. The lowest BCUT2D eigenvalue weighted by molar-refractivity contribution is 0.673. The Hall–Kier alpha value is -5.38. The maximum atomic E-state index is 6.56. The van der Waals surface area contributed by atoms with Crippen molar-refractivity contribution in [2.45, 2.75) is 0 Å². The highest BCUT2D eigenvalue weighted by Gasteiger charge is 2.22. The summed E-state index contributed by atoms with van der Waals surface area (Å²) < 4.78 is 9.09. The van der Waals surface area contributed by atoms with E-state index in [-0.39, 0.29) is 0 Å². The van der Waals surface area contributed by atoms with Crippen LogP contribution < -0.4 is 4.90 Å². The Labute approximate surface area is 252 Å². The topological polar surface area (TPSA) is 16.4 Å². The molecule has 0 spiro atoms. The largest absolute Gasteiger partial charge is 0.455 e. The molecule has 0 bridgehead atoms. The number of hydrogen-bond donors (Lipinski definition) is 0. The van der Waals surface area contributed by atoms with Gasteiger partial charge in [0.25, 0.3) is 0 Å². The molecule has 7 aromatic carbocycles. The first-order chi connectivity index (χ1) is 21.3. The molecule has 0 aliphatic rings. The molecule has 2 aromatic heterocycles. The normalized spacial score (nSPS) is 11.7. The van der Waals surface area contributed by atoms with Crippen LogP contribution >= 0.6 is 11.3 Å². The quantitative estimate of drug-likeness (QED) is 0.210. The molecule has 0 saturated heterocycles. The van der Waals surface area contributed by atoms with Crippen LogP contribution in [0.5, 0.6) is 0 Å². The van der Waals surface area contributed by atoms with Crippen molar-refractivity contribution in [1.82, 2.24) is 0 Å². The summed E-state index contributed by atoms with van der Waals surface area (Å²) in [6.45, 7) is 0. The Balaban J connectivity index is 1.37. The highest BCUT2D eigenvalue weighted by molar-refractivity contribution is 7.26. The molecule has 2 heterocycles. The Morgan fingerprint density at radius 3 is 1.81 bits per heavy atom. The second-order valence-electron chi connectivity index (χ2n) is 10.9. The second kappa shape index (κ2) is 9.59. The van der Waals surface area contributed by atoms with E-state index in [4.69, 9.17) is 4.42 Å². The van der Waals surface area contributed by atoms with Crippen LogP contribution in [0.4, 0.5) is 17.1 Å². The summed E-state index contributed by atoms with van der Waals surface area (Å²) in [5.41, 5.74) is 7.77. The van der Waals surface area contributed by atoms with Gasteiger partial charge < -0.3 is 9.32 Å². The summed E-state index contributed by atoms with van der Waals surface area (Å²) in [6, 6.07) is 54.1. The molecule has 3 heteroatoms. The number of furan rings is 1. The summed E-state index contributed by atoms with van der Waals surface area (Å²) in [6.07, 6.45) is 0. The van der Waals surface area contributed by atoms with Crippen LogP contribution in [0.15, 0.2) is 156 Å². The van der Waals surface area contributed by atoms with Crippen molar-refractivity contribution in [3.8, 4) is 11.1 Å². The van der Waals surface area contributed by atoms with Crippen LogP contribution in [0, 0.1) is 0 Å². The van der Waals surface area contributed by atoms with Gasteiger partial charge in [-0.05, 0) is 59.5 Å². The van der Waals surface area contributed by atoms with Gasteiger partial charge in [0, 0.05) is 53.3 Å². The molecular formula is C40H25NOS. The van der Waals surface area contributed by atoms with Gasteiger partial charge in [0.2, 0.25) is 0 Å². The van der Waals surface area contributed by atoms with Crippen molar-refractivity contribution in [3.05, 3.63) is 152 Å². The predicted molar refractivity (Wildman–Crippen MR) is 184 cm³/mol. The number of thiophene rings is 1. The zero-order chi connectivity index (χ0) is 28.3. The van der Waals surface area contributed by atoms with E-state index >= 15 is 0 Å². The second-order valence-corrected chi connectivity index (χ2v) is 11.9. The van der Waals surface area contributed by atoms with Crippen molar-refractivity contribution in [2.24, 2.45) is 0 Å². The minimum atomic E-state index is 0.924. The van der Waals surface area contributed by atoms with Crippen molar-refractivity contribution in [1.29, 1.82) is 0 Å². The van der Waals surface area contributed by atoms with E-state index in [1.54, 1.807) is 0 Å². The number of hydrogen-bond acceptors (Lipinski definition) is 3. The van der Waals surface area contributed by atoms with Crippen molar-refractivity contribution < 1.29 is 4.42 Å². The van der Waals surface area contributed by atoms with E-state index in [1.807, 2.05) is 17.4 Å². The fourth-order valence-electron chi connectivity index (χ4n) is 6.56. The SMILES string of the molecule is c1ccc(N(c2ccccc2)c2ccc(-c3cc4c5ccccc5oc4c4c3sc3ccccc34)c3ccccc23)cc1. The predicted octanol–water partition coefficient (Wildman–Crippen LogP) is 12.2. The summed E-state index contributed by atoms with van der Waals surface area (Å²) in [5.74, 6) is 0. The zero-order valence-electron chi connectivity index (χ0n) is 23.2. The highest BCUT2D eigenvalue weighted by atomic mass is 32.1. The van der Waals surface area contributed by atoms with Crippen LogP contribution in [0.25, 0.3) is 64.0 Å². The first kappa shape index (κ1) is 24.2. The molecule has 0 saturated carbocycles. The van der Waals surface area contributed by atoms with Gasteiger partial charge in [0.15, 0.2) is 0 Å². The minimum Gasteiger partial charge on any atom is -0.455 e. The highest BCUT2D eigenvalue weighted by Crippen LogP contribution is 2.49. The molecule has 202 valence electrons. The lowest BCUT2D eigenvalue weighted by atomic mass is 9.93. The maximum Gasteiger partial charge on any atom is 0.144 e. The van der Waals surface area contributed by atoms with E-state index in [9.17, 15) is 0 Å². The van der Waals surface area contributed by atoms with Gasteiger partial charge in [-0.15, -0.1) is 11.3 Å². The van der Waals surface area contributed by atoms with Gasteiger partial charge in [-0.1, -0.05) is 103 Å². The lowest BCUT2D eigenvalue weighted by Gasteiger charge is -2.27. The standard InChI is InChI=1S/C40H25NOS/c1-3-13-26(14-4-1)41(27-15-5-2-6-16-27)35-24-23-29(28-17-7-8-18-30(28)35)34-25-33-31-19-9-11-21-36(31)42-39(33)38-32-20-10-12-22-37(32)43-40(34)38/h1-25H. The average molecular weight is 568 g/mol. The van der Waals surface area contributed by atoms with Gasteiger partial charge in [-0.2, -0.15) is 0 Å². The molecule has 2 nitrogen and oxygen atoms in total. The first-order valence-corrected chi connectivity index (χ1v) is 15.3. The third-order valence-electron chi connectivity index (χ3n) is 8.45. The molecule has 0 aliphatic carbocycles. The smallest absolute Gasteiger partial charge is 0.144 e. The van der Waals surface area contributed by atoms with E-state index in [1.165, 1.54) is 42.1 Å². The van der Waals surface area contributed by atoms with Crippen LogP contribution in [0.1, 0.15) is 0 Å². The Bertz CT molecular complexity index is 2420. The average Bonchev–Trinajstić information content (AvgIpc) is 3.64. The van der Waals surface area contributed by atoms with Crippen molar-refractivity contribution >= 4 is 81.3 Å². The van der Waals surface area contributed by atoms with Gasteiger partial charge in [0.1, 0.15) is 11.2 Å². The van der Waals surface area contributed by atoms with Gasteiger partial charge >= 0.3 is 0 Å². The van der Waals surface area contributed by atoms with Crippen LogP contribution in [0.2, 0.25) is 0 Å². The molecule has 43 heavy (non-hydrogen) atoms. The molecule has 9 aromatic rings. The number of benzene rings is 7. The molecule has 9 rings (SSSR count). The lowest BCUT2D eigenvalue weighted by Crippen LogP contribution is -2.10. The summed E-state index contributed by atoms with van der Waals surface area (Å²) in [7, 11) is 0. The number of fused-ring (bicyclic) bond motifs is 8. The number of anilines is 3. The molecule has 0 N–H and O–H groups in total. The number of para-hydroxylation sites is 3. The van der Waals surface area contributed by atoms with E-state index < -0.39 is 0 Å². The van der Waals surface area contributed by atoms with Crippen LogP contribution in [-0.4, -0.2) is 0 Å². The van der Waals surface area contributed by atoms with E-state index in [0.29, 0.717) is 0 Å². The van der Waals surface area contributed by atoms with Gasteiger partial charge in [0.05, 0.1) is 5.69 Å². The molecule has 0 atom stereocenters. The Kier molecular flexibility index (Phi) is 5.40. The zero-order valence-corrected chi connectivity index (χ0v) is 24.0. The third-order valence-corrected chi connectivity index (χ3v) is 9.65. The molecule has 0 unspecified atom stereocenters. The first-order valence-electron chi connectivity index (χ1n) is 14.5. The van der Waals surface area contributed by atoms with Crippen LogP contribution in [-0.2, 0) is 0 Å². The summed E-state index contributed by atoms with van der Waals surface area (Å²) in [5, 5.41) is 7.18. The monoisotopic (exact) mass is 567 g/mol. The maximum absolute atomic E-state index is 6.56. The van der Waals surface area contributed by atoms with Crippen molar-refractivity contribution in [3.63, 3.8) is 0 Å². The van der Waals surface area contributed by atoms with Crippen LogP contribution in [0.3, 0.4) is 0 Å². The van der Waals surface area contributed by atoms with Gasteiger partial charge in [-0.25, -0.2) is 0 Å². The van der Waals surface area contributed by atoms with E-state index in [0.717, 1.165) is 39.0 Å². The van der Waals surface area contributed by atoms with Gasteiger partial charge in [-0.3, -0.25) is 0 Å². The molecular weight excluding hydrogens is 543 g/mol. The molecule has 0 fully saturated rings. The number of rotatable bonds is 4. The van der Waals surface area contributed by atoms with Crippen molar-refractivity contribution in [2.75, 3.05) is 4.90 Å². The fraction of sp³-hybridized carbons (Fsp3) is 0. The summed E-state index contributed by atoms with van der Waals surface area (Å²) >= 11 is 1.85. The number of nitrogens with zero attached hydrogens (tertiary/aromatic N) is 1.